The molecule has 0 aromatic heterocycles. The monoisotopic (exact) mass is 197 g/mol. The SMILES string of the molecule is C[C@@H](O)CN1C(=O)CC2CCCCC21. The lowest BCUT2D eigenvalue weighted by Gasteiger charge is -2.32. The first-order valence-electron chi connectivity index (χ1n) is 5.66. The molecule has 3 heteroatoms. The smallest absolute Gasteiger partial charge is 0.223 e. The van der Waals surface area contributed by atoms with Crippen LogP contribution in [0.15, 0.2) is 0 Å². The van der Waals surface area contributed by atoms with E-state index in [1.165, 1.54) is 19.3 Å². The Balaban J connectivity index is 2.04. The van der Waals surface area contributed by atoms with Crippen LogP contribution in [-0.4, -0.2) is 34.6 Å². The molecule has 0 spiro atoms. The average molecular weight is 197 g/mol. The van der Waals surface area contributed by atoms with Gasteiger partial charge in [-0.05, 0) is 25.7 Å². The van der Waals surface area contributed by atoms with E-state index < -0.39 is 0 Å². The van der Waals surface area contributed by atoms with Gasteiger partial charge in [-0.15, -0.1) is 0 Å². The van der Waals surface area contributed by atoms with Gasteiger partial charge in [-0.3, -0.25) is 4.79 Å². The Morgan fingerprint density at radius 3 is 2.93 bits per heavy atom. The molecule has 0 aromatic rings. The van der Waals surface area contributed by atoms with Gasteiger partial charge in [-0.25, -0.2) is 0 Å². The van der Waals surface area contributed by atoms with E-state index in [2.05, 4.69) is 0 Å². The molecule has 3 nitrogen and oxygen atoms in total. The van der Waals surface area contributed by atoms with Gasteiger partial charge >= 0.3 is 0 Å². The van der Waals surface area contributed by atoms with Gasteiger partial charge in [0.25, 0.3) is 0 Å². The van der Waals surface area contributed by atoms with Gasteiger partial charge in [-0.2, -0.15) is 0 Å². The number of amides is 1. The van der Waals surface area contributed by atoms with E-state index in [1.54, 1.807) is 6.92 Å². The minimum absolute atomic E-state index is 0.253. The molecule has 1 N–H and O–H groups in total. The molecule has 1 amide bonds. The molecule has 2 aliphatic rings. The third-order valence-corrected chi connectivity index (χ3v) is 3.49. The predicted molar refractivity (Wildman–Crippen MR) is 53.8 cm³/mol. The molecule has 0 aromatic carbocycles. The molecule has 1 aliphatic carbocycles. The summed E-state index contributed by atoms with van der Waals surface area (Å²) in [6, 6.07) is 0.436. The van der Waals surface area contributed by atoms with E-state index in [-0.39, 0.29) is 12.0 Å². The molecule has 0 radical (unpaired) electrons. The van der Waals surface area contributed by atoms with Gasteiger partial charge < -0.3 is 10.0 Å². The van der Waals surface area contributed by atoms with Crippen molar-refractivity contribution in [2.75, 3.05) is 6.54 Å². The predicted octanol–water partition coefficient (Wildman–Crippen LogP) is 1.16. The van der Waals surface area contributed by atoms with E-state index in [9.17, 15) is 9.90 Å². The fourth-order valence-corrected chi connectivity index (χ4v) is 2.88. The van der Waals surface area contributed by atoms with E-state index in [1.807, 2.05) is 4.90 Å². The quantitative estimate of drug-likeness (QED) is 0.721. The summed E-state index contributed by atoms with van der Waals surface area (Å²) >= 11 is 0. The van der Waals surface area contributed by atoms with Crippen molar-refractivity contribution in [1.82, 2.24) is 4.90 Å². The number of likely N-dealkylation sites (tertiary alicyclic amines) is 1. The first kappa shape index (κ1) is 9.97. The molecule has 2 rings (SSSR count). The number of rotatable bonds is 2. The van der Waals surface area contributed by atoms with Crippen LogP contribution in [0.2, 0.25) is 0 Å². The molecule has 1 heterocycles. The van der Waals surface area contributed by atoms with Gasteiger partial charge in [0.2, 0.25) is 5.91 Å². The number of carbonyl (C=O) groups excluding carboxylic acids is 1. The Morgan fingerprint density at radius 2 is 2.21 bits per heavy atom. The van der Waals surface area contributed by atoms with Crippen molar-refractivity contribution >= 4 is 5.91 Å². The Kier molecular flexibility index (Phi) is 2.77. The number of β-amino-alcohol motifs (C(OH)–C–C–N with tert-alkyl or cyclic N) is 1. The maximum absolute atomic E-state index is 11.7. The first-order valence-corrected chi connectivity index (χ1v) is 5.66. The lowest BCUT2D eigenvalue weighted by molar-refractivity contribution is -0.130. The molecular weight excluding hydrogens is 178 g/mol. The average Bonchev–Trinajstić information content (AvgIpc) is 2.43. The second-order valence-corrected chi connectivity index (χ2v) is 4.71. The van der Waals surface area contributed by atoms with Gasteiger partial charge in [0.1, 0.15) is 0 Å². The molecule has 14 heavy (non-hydrogen) atoms. The van der Waals surface area contributed by atoms with Gasteiger partial charge in [-0.1, -0.05) is 12.8 Å². The summed E-state index contributed by atoms with van der Waals surface area (Å²) in [5, 5.41) is 9.33. The highest BCUT2D eigenvalue weighted by atomic mass is 16.3. The van der Waals surface area contributed by atoms with Gasteiger partial charge in [0.15, 0.2) is 0 Å². The van der Waals surface area contributed by atoms with Crippen molar-refractivity contribution in [3.63, 3.8) is 0 Å². The molecule has 1 aliphatic heterocycles. The summed E-state index contributed by atoms with van der Waals surface area (Å²) in [7, 11) is 0. The zero-order valence-electron chi connectivity index (χ0n) is 8.78. The highest BCUT2D eigenvalue weighted by Crippen LogP contribution is 2.36. The Hall–Kier alpha value is -0.570. The minimum atomic E-state index is -0.389. The van der Waals surface area contributed by atoms with E-state index in [0.717, 1.165) is 12.8 Å². The summed E-state index contributed by atoms with van der Waals surface area (Å²) < 4.78 is 0. The number of carbonyl (C=O) groups is 1. The molecule has 3 atom stereocenters. The van der Waals surface area contributed by atoms with E-state index in [4.69, 9.17) is 0 Å². The normalized spacial score (nSPS) is 34.4. The number of aliphatic hydroxyl groups is 1. The summed E-state index contributed by atoms with van der Waals surface area (Å²) in [5.74, 6) is 0.831. The van der Waals surface area contributed by atoms with Crippen molar-refractivity contribution in [3.8, 4) is 0 Å². The van der Waals surface area contributed by atoms with Crippen LogP contribution >= 0.6 is 0 Å². The standard InChI is InChI=1S/C11H19NO2/c1-8(13)7-12-10-5-3-2-4-9(10)6-11(12)14/h8-10,13H,2-7H2,1H3/t8-,9?,10?/m1/s1. The van der Waals surface area contributed by atoms with Crippen LogP contribution in [0.25, 0.3) is 0 Å². The highest BCUT2D eigenvalue weighted by molar-refractivity contribution is 5.79. The molecular formula is C11H19NO2. The van der Waals surface area contributed by atoms with Crippen molar-refractivity contribution < 1.29 is 9.90 Å². The van der Waals surface area contributed by atoms with Crippen molar-refractivity contribution in [2.45, 2.75) is 51.2 Å². The van der Waals surface area contributed by atoms with Crippen LogP contribution in [0, 0.1) is 5.92 Å². The van der Waals surface area contributed by atoms with Crippen LogP contribution in [-0.2, 0) is 4.79 Å². The Morgan fingerprint density at radius 1 is 1.50 bits per heavy atom. The van der Waals surface area contributed by atoms with Crippen molar-refractivity contribution in [1.29, 1.82) is 0 Å². The van der Waals surface area contributed by atoms with Crippen LogP contribution in [0.1, 0.15) is 39.0 Å². The van der Waals surface area contributed by atoms with E-state index in [0.29, 0.717) is 18.5 Å². The molecule has 2 unspecified atom stereocenters. The van der Waals surface area contributed by atoms with Crippen molar-refractivity contribution in [2.24, 2.45) is 5.92 Å². The third kappa shape index (κ3) is 1.78. The lowest BCUT2D eigenvalue weighted by Crippen LogP contribution is -2.40. The molecule has 0 bridgehead atoms. The lowest BCUT2D eigenvalue weighted by atomic mass is 9.85. The van der Waals surface area contributed by atoms with Crippen LogP contribution < -0.4 is 0 Å². The molecule has 2 fully saturated rings. The zero-order valence-corrected chi connectivity index (χ0v) is 8.78. The second kappa shape index (κ2) is 3.89. The Labute approximate surface area is 85.1 Å². The topological polar surface area (TPSA) is 40.5 Å². The number of hydrogen-bond acceptors (Lipinski definition) is 2. The second-order valence-electron chi connectivity index (χ2n) is 4.71. The largest absolute Gasteiger partial charge is 0.392 e. The number of hydrogen-bond donors (Lipinski definition) is 1. The Bertz CT molecular complexity index is 227. The fourth-order valence-electron chi connectivity index (χ4n) is 2.88. The van der Waals surface area contributed by atoms with Gasteiger partial charge in [0.05, 0.1) is 6.10 Å². The third-order valence-electron chi connectivity index (χ3n) is 3.49. The number of nitrogens with zero attached hydrogens (tertiary/aromatic N) is 1. The molecule has 1 saturated carbocycles. The number of fused-ring (bicyclic) bond motifs is 1. The summed E-state index contributed by atoms with van der Waals surface area (Å²) in [6.07, 6.45) is 5.19. The molecule has 80 valence electrons. The van der Waals surface area contributed by atoms with Gasteiger partial charge in [0, 0.05) is 19.0 Å². The summed E-state index contributed by atoms with van der Waals surface area (Å²) in [5.41, 5.74) is 0. The summed E-state index contributed by atoms with van der Waals surface area (Å²) in [6.45, 7) is 2.28. The minimum Gasteiger partial charge on any atom is -0.392 e. The van der Waals surface area contributed by atoms with Crippen molar-refractivity contribution in [3.05, 3.63) is 0 Å². The van der Waals surface area contributed by atoms with Crippen LogP contribution in [0.3, 0.4) is 0 Å². The highest BCUT2D eigenvalue weighted by Gasteiger charge is 2.40. The summed E-state index contributed by atoms with van der Waals surface area (Å²) in [4.78, 5) is 13.6. The first-order chi connectivity index (χ1) is 6.68. The molecule has 1 saturated heterocycles. The van der Waals surface area contributed by atoms with E-state index >= 15 is 0 Å². The fraction of sp³-hybridized carbons (Fsp3) is 0.909. The maximum atomic E-state index is 11.7. The van der Waals surface area contributed by atoms with Crippen LogP contribution in [0.4, 0.5) is 0 Å². The number of aliphatic hydroxyl groups excluding tert-OH is 1. The van der Waals surface area contributed by atoms with Crippen LogP contribution in [0.5, 0.6) is 0 Å². The maximum Gasteiger partial charge on any atom is 0.223 e. The zero-order chi connectivity index (χ0) is 10.1.